The summed E-state index contributed by atoms with van der Waals surface area (Å²) >= 11 is 0. The zero-order valence-electron chi connectivity index (χ0n) is 18.4. The molecule has 7 nitrogen and oxygen atoms in total. The third-order valence-corrected chi connectivity index (χ3v) is 5.03. The van der Waals surface area contributed by atoms with E-state index >= 15 is 0 Å². The second-order valence-electron chi connectivity index (χ2n) is 7.82. The van der Waals surface area contributed by atoms with Crippen LogP contribution in [0.25, 0.3) is 11.1 Å². The molecule has 0 aliphatic heterocycles. The minimum atomic E-state index is -0.452. The van der Waals surface area contributed by atoms with E-state index in [0.717, 1.165) is 42.0 Å². The smallest absolute Gasteiger partial charge is 0.269 e. The first-order valence-corrected chi connectivity index (χ1v) is 10.5. The lowest BCUT2D eigenvalue weighted by atomic mass is 10.0. The van der Waals surface area contributed by atoms with Crippen LogP contribution in [0.2, 0.25) is 0 Å². The van der Waals surface area contributed by atoms with E-state index in [1.807, 2.05) is 48.5 Å². The molecule has 3 aromatic rings. The molecule has 3 aromatic carbocycles. The van der Waals surface area contributed by atoms with E-state index in [1.165, 1.54) is 12.1 Å². The van der Waals surface area contributed by atoms with Crippen molar-refractivity contribution in [1.29, 1.82) is 0 Å². The number of nitrogens with zero attached hydrogens (tertiary/aromatic N) is 2. The summed E-state index contributed by atoms with van der Waals surface area (Å²) in [6.07, 6.45) is 1.16. The largest absolute Gasteiger partial charge is 0.384 e. The minimum absolute atomic E-state index is 0.00851. The molecule has 1 amide bonds. The Morgan fingerprint density at radius 3 is 2.12 bits per heavy atom. The van der Waals surface area contributed by atoms with Crippen LogP contribution in [-0.2, 0) is 11.2 Å². The van der Waals surface area contributed by atoms with Gasteiger partial charge in [0.25, 0.3) is 5.69 Å². The third kappa shape index (κ3) is 6.39. The Morgan fingerprint density at radius 2 is 1.50 bits per heavy atom. The number of hydrogen-bond acceptors (Lipinski definition) is 5. The molecule has 0 heterocycles. The van der Waals surface area contributed by atoms with Crippen LogP contribution in [0.1, 0.15) is 12.0 Å². The molecule has 0 unspecified atom stereocenters. The monoisotopic (exact) mass is 432 g/mol. The lowest BCUT2D eigenvalue weighted by Gasteiger charge is -2.16. The first-order chi connectivity index (χ1) is 15.4. The fourth-order valence-electron chi connectivity index (χ4n) is 3.43. The fourth-order valence-corrected chi connectivity index (χ4v) is 3.43. The van der Waals surface area contributed by atoms with E-state index in [2.05, 4.69) is 29.6 Å². The minimum Gasteiger partial charge on any atom is -0.384 e. The number of nitro benzene ring substituents is 1. The second kappa shape index (κ2) is 11.1. The second-order valence-corrected chi connectivity index (χ2v) is 7.82. The standard InChI is InChI=1S/C25H28N4O3/c1-28(2)17-7-16-26-23-10-5-3-8-21(23)22-9-4-6-11-24(22)27-25(30)18-19-12-14-20(15-13-19)29(31)32/h3-6,8-15,26H,7,16-18H2,1-2H3,(H,27,30). The normalized spacial score (nSPS) is 10.7. The molecule has 0 saturated carbocycles. The van der Waals surface area contributed by atoms with Gasteiger partial charge in [-0.15, -0.1) is 0 Å². The average Bonchev–Trinajstić information content (AvgIpc) is 2.77. The van der Waals surface area contributed by atoms with Gasteiger partial charge in [0.2, 0.25) is 5.91 Å². The van der Waals surface area contributed by atoms with Crippen molar-refractivity contribution in [2.45, 2.75) is 12.8 Å². The topological polar surface area (TPSA) is 87.5 Å². The highest BCUT2D eigenvalue weighted by Crippen LogP contribution is 2.33. The molecule has 0 bridgehead atoms. The number of para-hydroxylation sites is 2. The van der Waals surface area contributed by atoms with Crippen LogP contribution in [0.5, 0.6) is 0 Å². The van der Waals surface area contributed by atoms with Crippen molar-refractivity contribution in [1.82, 2.24) is 4.90 Å². The van der Waals surface area contributed by atoms with Crippen LogP contribution in [0.15, 0.2) is 72.8 Å². The number of amides is 1. The summed E-state index contributed by atoms with van der Waals surface area (Å²) in [5, 5.41) is 17.3. The third-order valence-electron chi connectivity index (χ3n) is 5.03. The first-order valence-electron chi connectivity index (χ1n) is 10.5. The van der Waals surface area contributed by atoms with Gasteiger partial charge in [-0.2, -0.15) is 0 Å². The van der Waals surface area contributed by atoms with Crippen LogP contribution in [0.4, 0.5) is 17.1 Å². The number of benzene rings is 3. The number of nitrogens with one attached hydrogen (secondary N) is 2. The van der Waals surface area contributed by atoms with Crippen molar-refractivity contribution in [2.24, 2.45) is 0 Å². The molecule has 0 radical (unpaired) electrons. The Bertz CT molecular complexity index is 1060. The molecule has 0 fully saturated rings. The van der Waals surface area contributed by atoms with Crippen LogP contribution in [0, 0.1) is 10.1 Å². The average molecular weight is 433 g/mol. The van der Waals surface area contributed by atoms with Gasteiger partial charge < -0.3 is 15.5 Å². The summed E-state index contributed by atoms with van der Waals surface area (Å²) in [5.41, 5.74) is 4.41. The van der Waals surface area contributed by atoms with E-state index in [9.17, 15) is 14.9 Å². The highest BCUT2D eigenvalue weighted by atomic mass is 16.6. The van der Waals surface area contributed by atoms with Crippen molar-refractivity contribution in [3.63, 3.8) is 0 Å². The molecule has 0 aromatic heterocycles. The number of carbonyl (C=O) groups is 1. The van der Waals surface area contributed by atoms with Crippen LogP contribution < -0.4 is 10.6 Å². The molecule has 0 atom stereocenters. The predicted molar refractivity (Wildman–Crippen MR) is 129 cm³/mol. The van der Waals surface area contributed by atoms with Crippen LogP contribution >= 0.6 is 0 Å². The summed E-state index contributed by atoms with van der Waals surface area (Å²) in [6, 6.07) is 21.8. The van der Waals surface area contributed by atoms with Crippen molar-refractivity contribution in [3.05, 3.63) is 88.5 Å². The first kappa shape index (κ1) is 23.0. The predicted octanol–water partition coefficient (Wildman–Crippen LogP) is 4.81. The van der Waals surface area contributed by atoms with Gasteiger partial charge in [-0.05, 0) is 44.8 Å². The van der Waals surface area contributed by atoms with Gasteiger partial charge in [0, 0.05) is 41.2 Å². The molecular weight excluding hydrogens is 404 g/mol. The summed E-state index contributed by atoms with van der Waals surface area (Å²) in [5.74, 6) is -0.178. The van der Waals surface area contributed by atoms with Crippen molar-refractivity contribution >= 4 is 23.0 Å². The Morgan fingerprint density at radius 1 is 0.906 bits per heavy atom. The SMILES string of the molecule is CN(C)CCCNc1ccccc1-c1ccccc1NC(=O)Cc1ccc([N+](=O)[O-])cc1. The molecule has 0 spiro atoms. The van der Waals surface area contributed by atoms with Gasteiger partial charge in [0.05, 0.1) is 11.3 Å². The van der Waals surface area contributed by atoms with E-state index in [4.69, 9.17) is 0 Å². The molecule has 166 valence electrons. The van der Waals surface area contributed by atoms with E-state index in [-0.39, 0.29) is 18.0 Å². The lowest BCUT2D eigenvalue weighted by Crippen LogP contribution is -2.16. The molecule has 0 saturated heterocycles. The maximum atomic E-state index is 12.7. The van der Waals surface area contributed by atoms with E-state index in [0.29, 0.717) is 5.56 Å². The van der Waals surface area contributed by atoms with Crippen LogP contribution in [-0.4, -0.2) is 42.9 Å². The highest BCUT2D eigenvalue weighted by Gasteiger charge is 2.12. The Labute approximate surface area is 188 Å². The van der Waals surface area contributed by atoms with Gasteiger partial charge in [-0.25, -0.2) is 0 Å². The Kier molecular flexibility index (Phi) is 7.94. The number of rotatable bonds is 10. The molecule has 7 heteroatoms. The van der Waals surface area contributed by atoms with Gasteiger partial charge in [0.1, 0.15) is 0 Å². The van der Waals surface area contributed by atoms with E-state index < -0.39 is 4.92 Å². The summed E-state index contributed by atoms with van der Waals surface area (Å²) < 4.78 is 0. The summed E-state index contributed by atoms with van der Waals surface area (Å²) in [7, 11) is 4.12. The zero-order valence-corrected chi connectivity index (χ0v) is 18.4. The molecule has 0 aliphatic rings. The zero-order chi connectivity index (χ0) is 22.9. The highest BCUT2D eigenvalue weighted by molar-refractivity contribution is 5.98. The van der Waals surface area contributed by atoms with Crippen molar-refractivity contribution < 1.29 is 9.72 Å². The number of non-ortho nitro benzene ring substituents is 1. The maximum absolute atomic E-state index is 12.7. The van der Waals surface area contributed by atoms with Gasteiger partial charge in [-0.3, -0.25) is 14.9 Å². The number of anilines is 2. The van der Waals surface area contributed by atoms with Crippen molar-refractivity contribution in [3.8, 4) is 11.1 Å². The van der Waals surface area contributed by atoms with E-state index in [1.54, 1.807) is 12.1 Å². The molecule has 2 N–H and O–H groups in total. The quantitative estimate of drug-likeness (QED) is 0.273. The molecule has 3 rings (SSSR count). The van der Waals surface area contributed by atoms with Crippen molar-refractivity contribution in [2.75, 3.05) is 37.8 Å². The Balaban J connectivity index is 1.73. The van der Waals surface area contributed by atoms with Gasteiger partial charge in [0.15, 0.2) is 0 Å². The molecule has 0 aliphatic carbocycles. The summed E-state index contributed by atoms with van der Waals surface area (Å²) in [4.78, 5) is 25.2. The molecule has 32 heavy (non-hydrogen) atoms. The van der Waals surface area contributed by atoms with Gasteiger partial charge in [-0.1, -0.05) is 48.5 Å². The fraction of sp³-hybridized carbons (Fsp3) is 0.240. The maximum Gasteiger partial charge on any atom is 0.269 e. The molecular formula is C25H28N4O3. The number of nitro groups is 1. The summed E-state index contributed by atoms with van der Waals surface area (Å²) in [6.45, 7) is 1.86. The number of hydrogen-bond donors (Lipinski definition) is 2. The van der Waals surface area contributed by atoms with Crippen LogP contribution in [0.3, 0.4) is 0 Å². The lowest BCUT2D eigenvalue weighted by molar-refractivity contribution is -0.384. The van der Waals surface area contributed by atoms with Gasteiger partial charge >= 0.3 is 0 Å². The Hall–Kier alpha value is -3.71. The number of carbonyl (C=O) groups excluding carboxylic acids is 1.